The molecule has 0 spiro atoms. The maximum absolute atomic E-state index is 9.66. The van der Waals surface area contributed by atoms with Gasteiger partial charge in [-0.25, -0.2) is 0 Å². The maximum atomic E-state index is 9.66. The van der Waals surface area contributed by atoms with Crippen LogP contribution in [0.1, 0.15) is 11.1 Å². The molecular formula is C17H17IN2. The molecule has 20 heavy (non-hydrogen) atoms. The van der Waals surface area contributed by atoms with Crippen LogP contribution in [0.25, 0.3) is 0 Å². The summed E-state index contributed by atoms with van der Waals surface area (Å²) in [5.41, 5.74) is 7.75. The minimum atomic E-state index is -0.539. The van der Waals surface area contributed by atoms with Gasteiger partial charge in [0.25, 0.3) is 0 Å². The Bertz CT molecular complexity index is 604. The normalized spacial score (nSPS) is 13.4. The van der Waals surface area contributed by atoms with Crippen LogP contribution in [0, 0.1) is 20.3 Å². The Labute approximate surface area is 133 Å². The fourth-order valence-electron chi connectivity index (χ4n) is 2.32. The smallest absolute Gasteiger partial charge is 0.0776 e. The third-order valence-electron chi connectivity index (χ3n) is 3.50. The van der Waals surface area contributed by atoms with E-state index in [9.17, 15) is 5.26 Å². The van der Waals surface area contributed by atoms with Gasteiger partial charge < -0.3 is 5.73 Å². The van der Waals surface area contributed by atoms with Crippen LogP contribution in [0.2, 0.25) is 0 Å². The van der Waals surface area contributed by atoms with Crippen molar-refractivity contribution in [1.29, 1.82) is 5.26 Å². The van der Waals surface area contributed by atoms with E-state index in [0.717, 1.165) is 5.56 Å². The molecule has 3 heteroatoms. The molecule has 0 amide bonds. The summed E-state index contributed by atoms with van der Waals surface area (Å²) < 4.78 is 1.19. The van der Waals surface area contributed by atoms with Crippen LogP contribution in [0.5, 0.6) is 0 Å². The lowest BCUT2D eigenvalue weighted by Gasteiger charge is -2.25. The molecule has 2 nitrogen and oxygen atoms in total. The maximum Gasteiger partial charge on any atom is 0.0776 e. The molecule has 1 atom stereocenters. The van der Waals surface area contributed by atoms with E-state index in [0.29, 0.717) is 19.4 Å². The quantitative estimate of drug-likeness (QED) is 0.812. The highest BCUT2D eigenvalue weighted by atomic mass is 127. The average Bonchev–Trinajstić information content (AvgIpc) is 2.50. The van der Waals surface area contributed by atoms with Crippen molar-refractivity contribution in [2.75, 3.05) is 6.54 Å². The van der Waals surface area contributed by atoms with Gasteiger partial charge in [0.15, 0.2) is 0 Å². The van der Waals surface area contributed by atoms with Gasteiger partial charge in [-0.1, -0.05) is 48.5 Å². The van der Waals surface area contributed by atoms with Crippen LogP contribution in [0.15, 0.2) is 54.6 Å². The van der Waals surface area contributed by atoms with Crippen molar-refractivity contribution in [3.05, 3.63) is 69.3 Å². The molecule has 0 fully saturated rings. The van der Waals surface area contributed by atoms with E-state index in [4.69, 9.17) is 5.73 Å². The highest BCUT2D eigenvalue weighted by molar-refractivity contribution is 14.1. The lowest BCUT2D eigenvalue weighted by Crippen LogP contribution is -2.34. The predicted octanol–water partition coefficient (Wildman–Crippen LogP) is 3.55. The first-order chi connectivity index (χ1) is 9.69. The molecule has 0 bridgehead atoms. The van der Waals surface area contributed by atoms with Gasteiger partial charge in [0, 0.05) is 10.1 Å². The zero-order valence-electron chi connectivity index (χ0n) is 11.2. The SMILES string of the molecule is N#C[C@](CN)(Cc1ccccc1)Cc1ccccc1I. The Morgan fingerprint density at radius 3 is 2.25 bits per heavy atom. The number of nitriles is 1. The summed E-state index contributed by atoms with van der Waals surface area (Å²) in [5, 5.41) is 9.66. The van der Waals surface area contributed by atoms with E-state index in [1.807, 2.05) is 30.3 Å². The summed E-state index contributed by atoms with van der Waals surface area (Å²) in [5.74, 6) is 0. The van der Waals surface area contributed by atoms with Crippen molar-refractivity contribution in [1.82, 2.24) is 0 Å². The fourth-order valence-corrected chi connectivity index (χ4v) is 2.90. The Hall–Kier alpha value is -1.38. The highest BCUT2D eigenvalue weighted by Crippen LogP contribution is 2.28. The molecule has 0 unspecified atom stereocenters. The van der Waals surface area contributed by atoms with Gasteiger partial charge in [0.1, 0.15) is 0 Å². The number of hydrogen-bond acceptors (Lipinski definition) is 2. The second-order valence-electron chi connectivity index (χ2n) is 5.03. The third-order valence-corrected chi connectivity index (χ3v) is 4.55. The Morgan fingerprint density at radius 2 is 1.65 bits per heavy atom. The minimum Gasteiger partial charge on any atom is -0.329 e. The second-order valence-corrected chi connectivity index (χ2v) is 6.19. The average molecular weight is 376 g/mol. The molecule has 102 valence electrons. The Morgan fingerprint density at radius 1 is 1.00 bits per heavy atom. The first kappa shape index (κ1) is 15.0. The summed E-state index contributed by atoms with van der Waals surface area (Å²) >= 11 is 2.31. The zero-order chi connectivity index (χ0) is 14.4. The van der Waals surface area contributed by atoms with Gasteiger partial charge in [-0.3, -0.25) is 0 Å². The van der Waals surface area contributed by atoms with Gasteiger partial charge in [0.05, 0.1) is 11.5 Å². The van der Waals surface area contributed by atoms with Gasteiger partial charge >= 0.3 is 0 Å². The van der Waals surface area contributed by atoms with Crippen molar-refractivity contribution in [2.24, 2.45) is 11.1 Å². The first-order valence-electron chi connectivity index (χ1n) is 6.58. The fraction of sp³-hybridized carbons (Fsp3) is 0.235. The van der Waals surface area contributed by atoms with Crippen molar-refractivity contribution in [3.8, 4) is 6.07 Å². The van der Waals surface area contributed by atoms with E-state index < -0.39 is 5.41 Å². The second kappa shape index (κ2) is 6.87. The number of halogens is 1. The molecule has 2 aromatic carbocycles. The summed E-state index contributed by atoms with van der Waals surface area (Å²) in [6.45, 7) is 0.364. The molecule has 0 aliphatic rings. The van der Waals surface area contributed by atoms with E-state index >= 15 is 0 Å². The van der Waals surface area contributed by atoms with Crippen molar-refractivity contribution < 1.29 is 0 Å². The molecule has 0 heterocycles. The summed E-state index contributed by atoms with van der Waals surface area (Å²) in [6, 6.07) is 20.7. The molecule has 0 saturated carbocycles. The van der Waals surface area contributed by atoms with E-state index in [-0.39, 0.29) is 0 Å². The number of rotatable bonds is 5. The molecule has 0 saturated heterocycles. The topological polar surface area (TPSA) is 49.8 Å². The number of nitrogens with zero attached hydrogens (tertiary/aromatic N) is 1. The molecular weight excluding hydrogens is 359 g/mol. The zero-order valence-corrected chi connectivity index (χ0v) is 13.4. The van der Waals surface area contributed by atoms with Crippen molar-refractivity contribution >= 4 is 22.6 Å². The van der Waals surface area contributed by atoms with Crippen molar-refractivity contribution in [2.45, 2.75) is 12.8 Å². The molecule has 0 aromatic heterocycles. The predicted molar refractivity (Wildman–Crippen MR) is 90.1 cm³/mol. The first-order valence-corrected chi connectivity index (χ1v) is 7.66. The number of nitrogens with two attached hydrogens (primary N) is 1. The summed E-state index contributed by atoms with van der Waals surface area (Å²) in [4.78, 5) is 0. The Kier molecular flexibility index (Phi) is 5.16. The van der Waals surface area contributed by atoms with E-state index in [1.165, 1.54) is 9.13 Å². The summed E-state index contributed by atoms with van der Waals surface area (Å²) in [7, 11) is 0. The molecule has 2 aromatic rings. The lowest BCUT2D eigenvalue weighted by atomic mass is 9.78. The molecule has 2 rings (SSSR count). The molecule has 0 aliphatic carbocycles. The number of hydrogen-bond donors (Lipinski definition) is 1. The monoisotopic (exact) mass is 376 g/mol. The Balaban J connectivity index is 2.27. The van der Waals surface area contributed by atoms with Crippen LogP contribution in [0.3, 0.4) is 0 Å². The van der Waals surface area contributed by atoms with Gasteiger partial charge in [0.2, 0.25) is 0 Å². The highest BCUT2D eigenvalue weighted by Gasteiger charge is 2.30. The van der Waals surface area contributed by atoms with Crippen LogP contribution < -0.4 is 5.73 Å². The van der Waals surface area contributed by atoms with Crippen LogP contribution in [-0.4, -0.2) is 6.54 Å². The van der Waals surface area contributed by atoms with E-state index in [2.05, 4.69) is 52.9 Å². The standard InChI is InChI=1S/C17H17IN2/c18-16-9-5-4-8-15(16)11-17(12-19,13-20)10-14-6-2-1-3-7-14/h1-9H,10-12,19H2/t17-/m1/s1. The van der Waals surface area contributed by atoms with Crippen LogP contribution in [-0.2, 0) is 12.8 Å². The molecule has 0 radical (unpaired) electrons. The number of benzene rings is 2. The summed E-state index contributed by atoms with van der Waals surface area (Å²) in [6.07, 6.45) is 1.37. The largest absolute Gasteiger partial charge is 0.329 e. The van der Waals surface area contributed by atoms with Gasteiger partial charge in [-0.15, -0.1) is 0 Å². The van der Waals surface area contributed by atoms with E-state index in [1.54, 1.807) is 0 Å². The molecule has 2 N–H and O–H groups in total. The van der Waals surface area contributed by atoms with Crippen molar-refractivity contribution in [3.63, 3.8) is 0 Å². The third kappa shape index (κ3) is 3.59. The molecule has 0 aliphatic heterocycles. The van der Waals surface area contributed by atoms with Crippen LogP contribution in [0.4, 0.5) is 0 Å². The van der Waals surface area contributed by atoms with Gasteiger partial charge in [-0.2, -0.15) is 5.26 Å². The lowest BCUT2D eigenvalue weighted by molar-refractivity contribution is 0.401. The van der Waals surface area contributed by atoms with Gasteiger partial charge in [-0.05, 0) is 52.6 Å². The van der Waals surface area contributed by atoms with Crippen LogP contribution >= 0.6 is 22.6 Å². The minimum absolute atomic E-state index is 0.364.